The van der Waals surface area contributed by atoms with Crippen molar-refractivity contribution in [1.29, 1.82) is 0 Å². The molecule has 0 radical (unpaired) electrons. The van der Waals surface area contributed by atoms with Gasteiger partial charge in [-0.1, -0.05) is 59.0 Å². The average Bonchev–Trinajstić information content (AvgIpc) is 3.66. The highest BCUT2D eigenvalue weighted by molar-refractivity contribution is 8.00. The van der Waals surface area contributed by atoms with Crippen LogP contribution in [-0.2, 0) is 10.5 Å². The number of amides is 1. The minimum absolute atomic E-state index is 0.0263. The fourth-order valence-corrected chi connectivity index (χ4v) is 5.87. The standard InChI is InChI=1S/C27H23N3O6S2/c1-3-35-20-13-17(10-11-18(20)31)22-21(23(32)19-5-4-12-36-19)24(33)25(34)30(22)26-28-29-27(38-26)37-14-16-8-6-15(2)7-9-16/h4-13,22,31,33H,3,14H2,1-2H3. The normalized spacial score (nSPS) is 15.4. The summed E-state index contributed by atoms with van der Waals surface area (Å²) in [6.07, 6.45) is 1.34. The lowest BCUT2D eigenvalue weighted by Crippen LogP contribution is -2.31. The first-order valence-corrected chi connectivity index (χ1v) is 13.5. The number of carbonyl (C=O) groups is 2. The van der Waals surface area contributed by atoms with E-state index in [4.69, 9.17) is 9.15 Å². The molecule has 1 aliphatic rings. The number of rotatable bonds is 9. The molecule has 38 heavy (non-hydrogen) atoms. The van der Waals surface area contributed by atoms with Gasteiger partial charge >= 0.3 is 0 Å². The molecule has 0 saturated carbocycles. The summed E-state index contributed by atoms with van der Waals surface area (Å²) < 4.78 is 11.4. The molecular weight excluding hydrogens is 526 g/mol. The van der Waals surface area contributed by atoms with Crippen LogP contribution in [0.4, 0.5) is 5.13 Å². The number of aromatic hydroxyl groups is 1. The molecule has 0 bridgehead atoms. The number of Topliss-reactive ketones (excluding diaryl/α,β-unsaturated/α-hetero) is 1. The highest BCUT2D eigenvalue weighted by Gasteiger charge is 2.47. The van der Waals surface area contributed by atoms with Crippen LogP contribution in [0.1, 0.15) is 40.2 Å². The number of thioether (sulfide) groups is 1. The maximum Gasteiger partial charge on any atom is 0.296 e. The fraction of sp³-hybridized carbons (Fsp3) is 0.185. The molecule has 3 heterocycles. The van der Waals surface area contributed by atoms with Gasteiger partial charge in [0.25, 0.3) is 5.91 Å². The third kappa shape index (κ3) is 4.90. The van der Waals surface area contributed by atoms with Crippen molar-refractivity contribution in [2.24, 2.45) is 0 Å². The quantitative estimate of drug-likeness (QED) is 0.155. The number of phenolic OH excluding ortho intramolecular Hbond substituents is 1. The molecule has 2 aromatic carbocycles. The zero-order valence-corrected chi connectivity index (χ0v) is 22.1. The smallest absolute Gasteiger partial charge is 0.296 e. The number of carbonyl (C=O) groups excluding carboxylic acids is 2. The molecule has 1 amide bonds. The number of hydrogen-bond donors (Lipinski definition) is 2. The number of ketones is 1. The van der Waals surface area contributed by atoms with Crippen LogP contribution in [0.25, 0.3) is 0 Å². The van der Waals surface area contributed by atoms with E-state index in [1.807, 2.05) is 31.2 Å². The van der Waals surface area contributed by atoms with Gasteiger partial charge in [0.1, 0.15) is 0 Å². The fourth-order valence-electron chi connectivity index (χ4n) is 4.05. The minimum Gasteiger partial charge on any atom is -0.504 e. The molecule has 0 saturated heterocycles. The lowest BCUT2D eigenvalue weighted by Gasteiger charge is -2.24. The topological polar surface area (TPSA) is 126 Å². The van der Waals surface area contributed by atoms with Crippen molar-refractivity contribution >= 4 is 39.9 Å². The van der Waals surface area contributed by atoms with E-state index in [9.17, 15) is 19.8 Å². The van der Waals surface area contributed by atoms with Crippen LogP contribution in [0, 0.1) is 6.92 Å². The molecular formula is C27H23N3O6S2. The van der Waals surface area contributed by atoms with E-state index in [0.717, 1.165) is 5.56 Å². The second-order valence-electron chi connectivity index (χ2n) is 8.43. The molecule has 0 fully saturated rings. The van der Waals surface area contributed by atoms with Crippen molar-refractivity contribution in [2.75, 3.05) is 11.5 Å². The largest absolute Gasteiger partial charge is 0.504 e. The van der Waals surface area contributed by atoms with E-state index in [2.05, 4.69) is 10.2 Å². The average molecular weight is 550 g/mol. The number of ether oxygens (including phenoxy) is 1. The predicted octanol–water partition coefficient (Wildman–Crippen LogP) is 5.62. The Morgan fingerprint density at radius 3 is 2.66 bits per heavy atom. The maximum atomic E-state index is 13.4. The predicted molar refractivity (Wildman–Crippen MR) is 143 cm³/mol. The summed E-state index contributed by atoms with van der Waals surface area (Å²) in [5.74, 6) is -1.41. The molecule has 2 aromatic heterocycles. The Morgan fingerprint density at radius 1 is 1.16 bits per heavy atom. The van der Waals surface area contributed by atoms with Crippen molar-refractivity contribution in [3.63, 3.8) is 0 Å². The highest BCUT2D eigenvalue weighted by atomic mass is 32.2. The van der Waals surface area contributed by atoms with Crippen LogP contribution in [0.15, 0.2) is 80.9 Å². The first kappa shape index (κ1) is 25.6. The molecule has 1 atom stereocenters. The van der Waals surface area contributed by atoms with E-state index >= 15 is 0 Å². The van der Waals surface area contributed by atoms with Crippen LogP contribution in [0.3, 0.4) is 0 Å². The van der Waals surface area contributed by atoms with E-state index in [-0.39, 0.29) is 28.0 Å². The molecule has 1 unspecified atom stereocenters. The van der Waals surface area contributed by atoms with Gasteiger partial charge in [0.05, 0.1) is 24.5 Å². The summed E-state index contributed by atoms with van der Waals surface area (Å²) in [5, 5.41) is 29.8. The van der Waals surface area contributed by atoms with Crippen LogP contribution in [-0.4, -0.2) is 38.7 Å². The first-order valence-electron chi connectivity index (χ1n) is 11.7. The van der Waals surface area contributed by atoms with E-state index in [1.165, 1.54) is 58.0 Å². The van der Waals surface area contributed by atoms with Crippen LogP contribution >= 0.6 is 23.1 Å². The Balaban J connectivity index is 1.51. The summed E-state index contributed by atoms with van der Waals surface area (Å²) in [6, 6.07) is 14.6. The summed E-state index contributed by atoms with van der Waals surface area (Å²) >= 11 is 2.65. The summed E-state index contributed by atoms with van der Waals surface area (Å²) in [6.45, 7) is 4.09. The van der Waals surface area contributed by atoms with Crippen LogP contribution < -0.4 is 9.64 Å². The maximum absolute atomic E-state index is 13.4. The van der Waals surface area contributed by atoms with Gasteiger partial charge in [-0.15, -0.1) is 10.2 Å². The second-order valence-corrected chi connectivity index (χ2v) is 10.6. The third-order valence-corrected chi connectivity index (χ3v) is 8.01. The number of aromatic nitrogens is 2. The zero-order chi connectivity index (χ0) is 26.8. The lowest BCUT2D eigenvalue weighted by atomic mass is 9.95. The monoisotopic (exact) mass is 549 g/mol. The van der Waals surface area contributed by atoms with E-state index < -0.39 is 23.5 Å². The van der Waals surface area contributed by atoms with Gasteiger partial charge in [0, 0.05) is 5.75 Å². The second kappa shape index (κ2) is 10.7. The van der Waals surface area contributed by atoms with Gasteiger partial charge in [0.2, 0.25) is 10.9 Å². The molecule has 11 heteroatoms. The molecule has 0 aliphatic carbocycles. The van der Waals surface area contributed by atoms with Crippen molar-refractivity contribution < 1.29 is 29.0 Å². The molecule has 5 rings (SSSR count). The van der Waals surface area contributed by atoms with Crippen molar-refractivity contribution in [3.8, 4) is 11.5 Å². The number of benzene rings is 2. The Hall–Kier alpha value is -4.09. The molecule has 0 spiro atoms. The Labute approximate surface area is 226 Å². The molecule has 9 nitrogen and oxygen atoms in total. The van der Waals surface area contributed by atoms with E-state index in [0.29, 0.717) is 22.3 Å². The zero-order valence-electron chi connectivity index (χ0n) is 20.5. The number of aliphatic hydroxyl groups excluding tert-OH is 1. The first-order chi connectivity index (χ1) is 18.4. The number of nitrogens with zero attached hydrogens (tertiary/aromatic N) is 3. The van der Waals surface area contributed by atoms with Gasteiger partial charge in [-0.25, -0.2) is 0 Å². The van der Waals surface area contributed by atoms with E-state index in [1.54, 1.807) is 19.1 Å². The summed E-state index contributed by atoms with van der Waals surface area (Å²) in [4.78, 5) is 28.0. The number of furan rings is 1. The number of phenols is 1. The molecule has 2 N–H and O–H groups in total. The van der Waals surface area contributed by atoms with Gasteiger partial charge in [-0.3, -0.25) is 14.5 Å². The molecule has 194 valence electrons. The number of aliphatic hydroxyl groups is 1. The minimum atomic E-state index is -1.05. The van der Waals surface area contributed by atoms with Crippen LogP contribution in [0.5, 0.6) is 11.5 Å². The number of hydrogen-bond acceptors (Lipinski definition) is 10. The lowest BCUT2D eigenvalue weighted by molar-refractivity contribution is -0.117. The molecule has 1 aliphatic heterocycles. The Bertz CT molecular complexity index is 1510. The van der Waals surface area contributed by atoms with Crippen molar-refractivity contribution in [1.82, 2.24) is 10.2 Å². The Kier molecular flexibility index (Phi) is 7.21. The van der Waals surface area contributed by atoms with Gasteiger partial charge in [-0.05, 0) is 49.2 Å². The third-order valence-electron chi connectivity index (χ3n) is 5.88. The number of anilines is 1. The van der Waals surface area contributed by atoms with Crippen molar-refractivity contribution in [2.45, 2.75) is 30.0 Å². The van der Waals surface area contributed by atoms with Gasteiger partial charge in [-0.2, -0.15) is 0 Å². The summed E-state index contributed by atoms with van der Waals surface area (Å²) in [7, 11) is 0. The summed E-state index contributed by atoms with van der Waals surface area (Å²) in [5.41, 5.74) is 2.56. The number of aryl methyl sites for hydroxylation is 1. The highest BCUT2D eigenvalue weighted by Crippen LogP contribution is 2.45. The Morgan fingerprint density at radius 2 is 1.95 bits per heavy atom. The van der Waals surface area contributed by atoms with Crippen LogP contribution in [0.2, 0.25) is 0 Å². The molecule has 4 aromatic rings. The van der Waals surface area contributed by atoms with Gasteiger partial charge in [0.15, 0.2) is 27.4 Å². The van der Waals surface area contributed by atoms with Crippen molar-refractivity contribution in [3.05, 3.63) is 94.6 Å². The SMILES string of the molecule is CCOc1cc(C2C(C(=O)c3ccco3)=C(O)C(=O)N2c2nnc(SCc3ccc(C)cc3)s2)ccc1O. The van der Waals surface area contributed by atoms with Gasteiger partial charge < -0.3 is 19.4 Å².